The summed E-state index contributed by atoms with van der Waals surface area (Å²) < 4.78 is 105. The molecule has 0 aromatic rings. The number of hydrogen-bond donors (Lipinski definition) is 0. The van der Waals surface area contributed by atoms with Crippen molar-refractivity contribution in [3.05, 3.63) is 12.7 Å². The van der Waals surface area contributed by atoms with E-state index in [1.54, 1.807) is 6.08 Å². The molecule has 6 saturated carbocycles. The van der Waals surface area contributed by atoms with E-state index in [0.717, 1.165) is 147 Å². The van der Waals surface area contributed by atoms with Gasteiger partial charge in [0.1, 0.15) is 18.6 Å². The van der Waals surface area contributed by atoms with Gasteiger partial charge in [0, 0.05) is 117 Å². The van der Waals surface area contributed by atoms with E-state index < -0.39 is 99.8 Å². The van der Waals surface area contributed by atoms with Crippen molar-refractivity contribution in [3.8, 4) is 12.3 Å². The van der Waals surface area contributed by atoms with Crippen molar-refractivity contribution in [2.24, 2.45) is 142 Å². The molecule has 31 heteroatoms. The van der Waals surface area contributed by atoms with Gasteiger partial charge in [0.2, 0.25) is 34.7 Å². The molecule has 814 valence electrons. The number of terminal acetylenes is 1. The molecule has 12 bridgehead atoms. The summed E-state index contributed by atoms with van der Waals surface area (Å²) in [6.45, 7) is 53.0. The highest BCUT2D eigenvalue weighted by molar-refractivity contribution is 7.99. The van der Waals surface area contributed by atoms with E-state index in [1.165, 1.54) is 77.6 Å². The van der Waals surface area contributed by atoms with E-state index in [9.17, 15) is 4.79 Å². The largest absolute Gasteiger partial charge is 0.352 e. The summed E-state index contributed by atoms with van der Waals surface area (Å²) >= 11 is 1.89. The summed E-state index contributed by atoms with van der Waals surface area (Å²) in [6.07, 6.45) is 37.1. The van der Waals surface area contributed by atoms with Crippen molar-refractivity contribution in [1.29, 1.82) is 0 Å². The van der Waals surface area contributed by atoms with Gasteiger partial charge >= 0.3 is 0 Å². The number of carbonyl (C=O) groups is 1. The second-order valence-electron chi connectivity index (χ2n) is 49.8. The average Bonchev–Trinajstić information content (AvgIpc) is 1.69. The predicted molar refractivity (Wildman–Crippen MR) is 522 cm³/mol. The highest BCUT2D eigenvalue weighted by atomic mass is 32.2. The summed E-state index contributed by atoms with van der Waals surface area (Å²) in [4.78, 5) is 82.7. The van der Waals surface area contributed by atoms with Gasteiger partial charge in [0.15, 0.2) is 109 Å². The fraction of sp³-hybridized carbons (Fsp3) is 0.955. The maximum atomic E-state index is 11.3. The Bertz CT molecular complexity index is 4310. The smallest absolute Gasteiger partial charge is 0.201 e. The van der Waals surface area contributed by atoms with Crippen molar-refractivity contribution in [3.63, 3.8) is 0 Å². The van der Waals surface area contributed by atoms with E-state index in [-0.39, 0.29) is 104 Å². The average molecular weight is 2040 g/mol. The summed E-state index contributed by atoms with van der Waals surface area (Å²) in [5.74, 6) is 8.82. The van der Waals surface area contributed by atoms with Crippen LogP contribution >= 0.6 is 11.8 Å². The van der Waals surface area contributed by atoms with Gasteiger partial charge in [0.05, 0.1) is 6.61 Å². The molecule has 6 spiro atoms. The van der Waals surface area contributed by atoms with Crippen LogP contribution in [0.1, 0.15) is 351 Å². The minimum Gasteiger partial charge on any atom is -0.352 e. The third-order valence-electron chi connectivity index (χ3n) is 40.3. The summed E-state index contributed by atoms with van der Waals surface area (Å²) in [5, 5.41) is 0. The summed E-state index contributed by atoms with van der Waals surface area (Å²) in [6, 6.07) is 0. The van der Waals surface area contributed by atoms with Gasteiger partial charge in [-0.25, -0.2) is 58.7 Å². The van der Waals surface area contributed by atoms with Crippen LogP contribution in [0.5, 0.6) is 0 Å². The zero-order valence-corrected chi connectivity index (χ0v) is 91.3. The van der Waals surface area contributed by atoms with Crippen LogP contribution in [0.4, 0.5) is 0 Å². The lowest BCUT2D eigenvalue weighted by atomic mass is 9.58. The van der Waals surface area contributed by atoms with Crippen LogP contribution in [-0.4, -0.2) is 188 Å². The first-order valence-corrected chi connectivity index (χ1v) is 57.8. The third-order valence-corrected chi connectivity index (χ3v) is 41.5. The van der Waals surface area contributed by atoms with Crippen LogP contribution < -0.4 is 0 Å². The Kier molecular flexibility index (Phi) is 33.2. The number of ketones is 1. The maximum Gasteiger partial charge on any atom is 0.201 e. The molecule has 24 aliphatic heterocycles. The Morgan fingerprint density at radius 3 is 0.867 bits per heavy atom. The fourth-order valence-electron chi connectivity index (χ4n) is 32.3. The molecule has 24 saturated heterocycles. The normalized spacial score (nSPS) is 53.7. The second-order valence-corrected chi connectivity index (χ2v) is 51.1. The third kappa shape index (κ3) is 19.6. The lowest BCUT2D eigenvalue weighted by Gasteiger charge is -2.60. The molecule has 0 radical (unpaired) electrons. The Balaban J connectivity index is 0.000000109. The number of rotatable bonds is 21. The van der Waals surface area contributed by atoms with Crippen LogP contribution in [-0.2, 0) is 144 Å². The molecule has 48 atom stereocenters. The summed E-state index contributed by atoms with van der Waals surface area (Å²) in [7, 11) is 0. The number of unbranched alkanes of at least 4 members (excludes halogenated alkanes) is 5. The minimum absolute atomic E-state index is 0.00363. The zero-order chi connectivity index (χ0) is 101. The van der Waals surface area contributed by atoms with Gasteiger partial charge < -0.3 is 80.5 Å². The van der Waals surface area contributed by atoms with Gasteiger partial charge in [-0.2, -0.15) is 0 Å². The van der Waals surface area contributed by atoms with Crippen LogP contribution in [0.15, 0.2) is 12.7 Å². The molecular formula is C112H180O30S. The molecule has 0 aromatic carbocycles. The van der Waals surface area contributed by atoms with Crippen LogP contribution in [0.25, 0.3) is 0 Å². The molecule has 24 heterocycles. The topological polar surface area (TPSA) is 285 Å². The Morgan fingerprint density at radius 1 is 0.322 bits per heavy atom. The number of hydrogen-bond acceptors (Lipinski definition) is 31. The van der Waals surface area contributed by atoms with Gasteiger partial charge in [0.25, 0.3) is 0 Å². The molecule has 30 nitrogen and oxygen atoms in total. The van der Waals surface area contributed by atoms with Crippen LogP contribution in [0, 0.1) is 154 Å². The van der Waals surface area contributed by atoms with E-state index in [4.69, 9.17) is 146 Å². The van der Waals surface area contributed by atoms with Gasteiger partial charge in [-0.05, 0) is 260 Å². The number of fused-ring (bicyclic) bond motifs is 12. The number of ether oxygens (including phenoxy) is 17. The highest BCUT2D eigenvalue weighted by Gasteiger charge is 2.78. The van der Waals surface area contributed by atoms with Crippen molar-refractivity contribution < 1.29 is 144 Å². The first kappa shape index (κ1) is 109. The monoisotopic (exact) mass is 2040 g/mol. The lowest BCUT2D eigenvalue weighted by molar-refractivity contribution is -0.577. The minimum atomic E-state index is -0.775. The van der Waals surface area contributed by atoms with Gasteiger partial charge in [-0.1, -0.05) is 148 Å². The summed E-state index contributed by atoms with van der Waals surface area (Å²) in [5.41, 5.74) is -2.75. The van der Waals surface area contributed by atoms with E-state index in [2.05, 4.69) is 116 Å². The quantitative estimate of drug-likeness (QED) is 0.0446. The zero-order valence-electron chi connectivity index (χ0n) is 90.5. The van der Waals surface area contributed by atoms with Crippen molar-refractivity contribution in [1.82, 2.24) is 0 Å². The first-order valence-electron chi connectivity index (χ1n) is 56.8. The van der Waals surface area contributed by atoms with Gasteiger partial charge in [-0.3, -0.25) is 4.79 Å². The Labute approximate surface area is 857 Å². The molecule has 30 fully saturated rings. The van der Waals surface area contributed by atoms with Gasteiger partial charge in [-0.15, -0.1) is 24.8 Å². The molecule has 0 amide bonds. The lowest BCUT2D eigenvalue weighted by Crippen LogP contribution is -2.70. The Morgan fingerprint density at radius 2 is 0.587 bits per heavy atom. The highest BCUT2D eigenvalue weighted by Crippen LogP contribution is 2.69. The standard InChI is InChI=1S/C23H40O5.C18H28O6.C18H30O5.C18H28O5.C18H26O5.C17H28O4S/c1-5-6-7-8-9-10-15-24-20-17(3)19-12-11-16(2)18-13-14-22(4)26-21(25-20)23(18,19)28-27-22;1-10-5-6-14-12(3)15(20-9-11(2)19)21-16-18(14)13(10)7-8-17(4,22-16)23-24-18;3*1-5-10-19-15-12(3)14-7-6-11(2)13-8-9-17(4)21-16(20-15)18(13,14)23-22-17;1-5-22-14-11(3)13-7-6-10(2)12-8-9-16(4)19-15(18-14)17(12,13)21-20-16/h16-21H,5-15H2,1-4H3;10,12-16H,5-9H2,1-4H3;11-16H,5-10H2,1-4H3;5,11-16H,1,6-10H2,2-4H3;1,11-16H,6-10H2,2-4H3;10-15H,5-9H2,1-4H3/t16-,17-,18?,19?,20?,21-,22-,23-;10-,12-,13?,14?,15+,16-,17-,18-;3*11-,12-,13?,14?,15+,16-,17-,18-;10-,11-,12?,13?,14-,15-,16-,17-/m111111/s1. The van der Waals surface area contributed by atoms with Crippen molar-refractivity contribution >= 4 is 17.5 Å². The van der Waals surface area contributed by atoms with Crippen LogP contribution in [0.3, 0.4) is 0 Å². The number of thioether (sulfide) groups is 1. The molecule has 6 aliphatic carbocycles. The van der Waals surface area contributed by atoms with Crippen molar-refractivity contribution in [2.75, 3.05) is 38.8 Å². The predicted octanol–water partition coefficient (Wildman–Crippen LogP) is 22.2. The molecule has 0 N–H and O–H groups in total. The molecule has 143 heavy (non-hydrogen) atoms. The number of carbonyl (C=O) groups excluding carboxylic acids is 1. The SMILES string of the molecule is C#CCO[C@H]1O[C@@H]2O[C@@]3(C)CCC4[C@H](C)CCC([C@H]1C)[C@]42OO3.C=CCO[C@H]1O[C@@H]2O[C@@]3(C)CCC4[C@H](C)CCC([C@H]1C)[C@]42OO3.CC(=O)CO[C@H]1O[C@@H]2O[C@@]3(C)CCC4[C@H](C)CCC([C@H]1C)[C@]42OO3.CCCCCCCCOC1O[C@@H]2O[C@@]3(C)CCC4[C@H](C)CCC([C@H]1C)[C@]42OO3.CCCO[C@H]1O[C@@H]2O[C@@]3(C)CCC4[C@H](C)CCC([C@H]1C)[C@]42OO3.CCS[C@H]1O[C@@H]2O[C@@]3(C)CCC4[C@H](C)CCC([C@H]1C)[C@]42OO3. The number of Topliss-reactive ketones (excluding diaryl/α,β-unsaturated/α-hetero) is 1. The molecule has 13 unspecified atom stereocenters. The molecule has 30 aliphatic rings. The van der Waals surface area contributed by atoms with E-state index in [0.29, 0.717) is 107 Å². The maximum absolute atomic E-state index is 11.3. The van der Waals surface area contributed by atoms with E-state index >= 15 is 0 Å². The molecule has 0 aromatic heterocycles. The van der Waals surface area contributed by atoms with E-state index in [1.807, 2.05) is 53.3 Å². The Hall–Kier alpha value is -1.84. The first-order chi connectivity index (χ1) is 68.4. The second kappa shape index (κ2) is 43.4. The molecule has 30 rings (SSSR count). The fourth-order valence-corrected chi connectivity index (χ4v) is 33.3. The van der Waals surface area contributed by atoms with Crippen molar-refractivity contribution in [2.45, 2.75) is 494 Å². The van der Waals surface area contributed by atoms with Crippen LogP contribution in [0.2, 0.25) is 0 Å². The molecular weight excluding hydrogens is 1860 g/mol.